The van der Waals surface area contributed by atoms with Crippen LogP contribution in [0.25, 0.3) is 0 Å². The predicted octanol–water partition coefficient (Wildman–Crippen LogP) is 6.93. The van der Waals surface area contributed by atoms with Gasteiger partial charge in [0, 0.05) is 26.1 Å². The lowest BCUT2D eigenvalue weighted by atomic mass is 10.0. The third-order valence-electron chi connectivity index (χ3n) is 7.22. The van der Waals surface area contributed by atoms with E-state index >= 15 is 0 Å². The number of methoxy groups -OCH3 is 1. The molecule has 37 heavy (non-hydrogen) atoms. The molecule has 2 unspecified atom stereocenters. The Morgan fingerprint density at radius 3 is 2.08 bits per heavy atom. The van der Waals surface area contributed by atoms with E-state index in [1.807, 2.05) is 0 Å². The van der Waals surface area contributed by atoms with Crippen molar-refractivity contribution in [2.24, 2.45) is 0 Å². The standard InChI is InChI=1S/C29H56N2O6/c1-4-6-7-8-9-10-11-12-13-14-15-16-20-25(19-5-2)30-28(33)37-27-21-17-18-22-31(27)29(34)36-24-26(23-32)35-3/h25-27,32H,4-24H2,1-3H3,(H,30,33)/t25?,26?,27-/m0/s1. The first-order valence-corrected chi connectivity index (χ1v) is 15.1. The third-order valence-corrected chi connectivity index (χ3v) is 7.22. The molecule has 3 atom stereocenters. The van der Waals surface area contributed by atoms with E-state index in [9.17, 15) is 14.7 Å². The van der Waals surface area contributed by atoms with Crippen LogP contribution in [-0.2, 0) is 14.2 Å². The van der Waals surface area contributed by atoms with Gasteiger partial charge < -0.3 is 24.6 Å². The number of unbranched alkanes of at least 4 members (excludes halogenated alkanes) is 11. The lowest BCUT2D eigenvalue weighted by Gasteiger charge is -2.34. The molecule has 0 spiro atoms. The number of hydrogen-bond donors (Lipinski definition) is 2. The number of nitrogens with zero attached hydrogens (tertiary/aromatic N) is 1. The van der Waals surface area contributed by atoms with E-state index in [0.717, 1.165) is 38.5 Å². The van der Waals surface area contributed by atoms with Gasteiger partial charge in [0.2, 0.25) is 0 Å². The molecule has 1 saturated heterocycles. The van der Waals surface area contributed by atoms with Crippen molar-refractivity contribution in [1.29, 1.82) is 0 Å². The van der Waals surface area contributed by atoms with E-state index in [1.54, 1.807) is 0 Å². The summed E-state index contributed by atoms with van der Waals surface area (Å²) >= 11 is 0. The maximum Gasteiger partial charge on any atom is 0.412 e. The Bertz CT molecular complexity index is 573. The number of hydrogen-bond acceptors (Lipinski definition) is 6. The van der Waals surface area contributed by atoms with Crippen molar-refractivity contribution in [3.05, 3.63) is 0 Å². The number of nitrogens with one attached hydrogen (secondary N) is 1. The number of ether oxygens (including phenoxy) is 3. The molecule has 8 nitrogen and oxygen atoms in total. The number of alkyl carbamates (subject to hydrolysis) is 1. The molecule has 0 saturated carbocycles. The molecule has 2 N–H and O–H groups in total. The highest BCUT2D eigenvalue weighted by molar-refractivity contribution is 5.70. The van der Waals surface area contributed by atoms with Crippen LogP contribution in [-0.4, -0.2) is 67.4 Å². The first-order valence-electron chi connectivity index (χ1n) is 15.1. The van der Waals surface area contributed by atoms with Crippen molar-refractivity contribution in [2.75, 3.05) is 26.9 Å². The van der Waals surface area contributed by atoms with Gasteiger partial charge in [0.1, 0.15) is 12.7 Å². The van der Waals surface area contributed by atoms with Gasteiger partial charge in [0.25, 0.3) is 0 Å². The van der Waals surface area contributed by atoms with Crippen molar-refractivity contribution in [3.8, 4) is 0 Å². The maximum absolute atomic E-state index is 12.7. The zero-order valence-corrected chi connectivity index (χ0v) is 24.0. The van der Waals surface area contributed by atoms with E-state index in [4.69, 9.17) is 14.2 Å². The Morgan fingerprint density at radius 2 is 1.51 bits per heavy atom. The Morgan fingerprint density at radius 1 is 0.892 bits per heavy atom. The molecule has 0 radical (unpaired) electrons. The van der Waals surface area contributed by atoms with E-state index in [2.05, 4.69) is 19.2 Å². The van der Waals surface area contributed by atoms with E-state index < -0.39 is 24.5 Å². The fourth-order valence-electron chi connectivity index (χ4n) is 4.87. The number of amides is 2. The Balaban J connectivity index is 2.28. The van der Waals surface area contributed by atoms with Crippen molar-refractivity contribution in [2.45, 2.75) is 148 Å². The summed E-state index contributed by atoms with van der Waals surface area (Å²) in [5.74, 6) is 0. The molecule has 1 fully saturated rings. The average Bonchev–Trinajstić information content (AvgIpc) is 2.90. The largest absolute Gasteiger partial charge is 0.446 e. The fourth-order valence-corrected chi connectivity index (χ4v) is 4.87. The number of carbonyl (C=O) groups is 2. The highest BCUT2D eigenvalue weighted by Gasteiger charge is 2.31. The molecule has 0 aromatic heterocycles. The van der Waals surface area contributed by atoms with Gasteiger partial charge in [-0.1, -0.05) is 97.3 Å². The van der Waals surface area contributed by atoms with E-state index in [0.29, 0.717) is 13.0 Å². The lowest BCUT2D eigenvalue weighted by molar-refractivity contribution is -0.0487. The minimum atomic E-state index is -0.634. The van der Waals surface area contributed by atoms with Gasteiger partial charge >= 0.3 is 12.2 Å². The SMILES string of the molecule is CCCCCCCCCCCCCCC(CCC)NC(=O)O[C@H]1CCCCN1C(=O)OCC(CO)OC. The molecule has 0 aromatic rings. The second-order valence-corrected chi connectivity index (χ2v) is 10.5. The van der Waals surface area contributed by atoms with Crippen molar-refractivity contribution in [1.82, 2.24) is 10.2 Å². The monoisotopic (exact) mass is 528 g/mol. The second kappa shape index (κ2) is 22.4. The number of rotatable bonds is 21. The molecular weight excluding hydrogens is 472 g/mol. The van der Waals surface area contributed by atoms with Crippen LogP contribution in [0.4, 0.5) is 9.59 Å². The highest BCUT2D eigenvalue weighted by atomic mass is 16.6. The molecule has 1 heterocycles. The molecule has 1 rings (SSSR count). The van der Waals surface area contributed by atoms with E-state index in [-0.39, 0.29) is 19.3 Å². The van der Waals surface area contributed by atoms with Crippen molar-refractivity contribution in [3.63, 3.8) is 0 Å². The summed E-state index contributed by atoms with van der Waals surface area (Å²) in [5.41, 5.74) is 0. The molecule has 0 aromatic carbocycles. The zero-order chi connectivity index (χ0) is 27.1. The summed E-state index contributed by atoms with van der Waals surface area (Å²) in [6.07, 6.45) is 18.8. The molecule has 2 amide bonds. The van der Waals surface area contributed by atoms with Gasteiger partial charge in [-0.25, -0.2) is 9.59 Å². The minimum Gasteiger partial charge on any atom is -0.446 e. The van der Waals surface area contributed by atoms with Crippen molar-refractivity contribution >= 4 is 12.2 Å². The topological polar surface area (TPSA) is 97.3 Å². The first kappa shape index (κ1) is 33.5. The van der Waals surface area contributed by atoms with Crippen LogP contribution < -0.4 is 5.32 Å². The molecule has 218 valence electrons. The smallest absolute Gasteiger partial charge is 0.412 e. The van der Waals surface area contributed by atoms with Crippen LogP contribution in [0.1, 0.15) is 129 Å². The number of piperidine rings is 1. The summed E-state index contributed by atoms with van der Waals surface area (Å²) in [5, 5.41) is 12.2. The zero-order valence-electron chi connectivity index (χ0n) is 24.0. The lowest BCUT2D eigenvalue weighted by Crippen LogP contribution is -2.49. The van der Waals surface area contributed by atoms with Crippen molar-refractivity contribution < 1.29 is 28.9 Å². The molecule has 1 aliphatic rings. The molecule has 0 aliphatic carbocycles. The quantitative estimate of drug-likeness (QED) is 0.157. The fraction of sp³-hybridized carbons (Fsp3) is 0.931. The number of aliphatic hydroxyl groups is 1. The number of likely N-dealkylation sites (tertiary alicyclic amines) is 1. The summed E-state index contributed by atoms with van der Waals surface area (Å²) in [6.45, 7) is 4.59. The maximum atomic E-state index is 12.7. The summed E-state index contributed by atoms with van der Waals surface area (Å²) < 4.78 is 16.0. The predicted molar refractivity (Wildman–Crippen MR) is 148 cm³/mol. The Labute approximate surface area is 226 Å². The van der Waals surface area contributed by atoms with Gasteiger partial charge in [0.15, 0.2) is 6.23 Å². The highest BCUT2D eigenvalue weighted by Crippen LogP contribution is 2.20. The average molecular weight is 529 g/mol. The molecule has 1 aliphatic heterocycles. The minimum absolute atomic E-state index is 0.0428. The number of carbonyl (C=O) groups excluding carboxylic acids is 2. The van der Waals surface area contributed by atoms with Gasteiger partial charge in [-0.15, -0.1) is 0 Å². The van der Waals surface area contributed by atoms with Crippen LogP contribution in [0.2, 0.25) is 0 Å². The van der Waals surface area contributed by atoms with Crippen LogP contribution in [0.5, 0.6) is 0 Å². The van der Waals surface area contributed by atoms with Gasteiger partial charge in [-0.3, -0.25) is 4.90 Å². The summed E-state index contributed by atoms with van der Waals surface area (Å²) in [4.78, 5) is 26.7. The second-order valence-electron chi connectivity index (χ2n) is 10.5. The van der Waals surface area contributed by atoms with Gasteiger partial charge in [-0.05, 0) is 25.7 Å². The molecule has 0 bridgehead atoms. The van der Waals surface area contributed by atoms with E-state index in [1.165, 1.54) is 82.6 Å². The third kappa shape index (κ3) is 16.1. The Kier molecular flexibility index (Phi) is 20.3. The van der Waals surface area contributed by atoms with Crippen LogP contribution in [0.3, 0.4) is 0 Å². The van der Waals surface area contributed by atoms with Gasteiger partial charge in [0.05, 0.1) is 6.61 Å². The Hall–Kier alpha value is -1.54. The number of aliphatic hydroxyl groups excluding tert-OH is 1. The van der Waals surface area contributed by atoms with Crippen LogP contribution in [0.15, 0.2) is 0 Å². The molecule has 8 heteroatoms. The molecular formula is C29H56N2O6. The first-order chi connectivity index (χ1) is 18.0. The van der Waals surface area contributed by atoms with Gasteiger partial charge in [-0.2, -0.15) is 0 Å². The van der Waals surface area contributed by atoms with Crippen LogP contribution >= 0.6 is 0 Å². The normalized spacial score (nSPS) is 17.3. The van der Waals surface area contributed by atoms with Crippen LogP contribution in [0, 0.1) is 0 Å². The summed E-state index contributed by atoms with van der Waals surface area (Å²) in [6, 6.07) is 0.0941. The summed E-state index contributed by atoms with van der Waals surface area (Å²) in [7, 11) is 1.45.